The number of carbonyl (C=O) groups excluding carboxylic acids is 1. The van der Waals surface area contributed by atoms with Crippen molar-refractivity contribution in [2.24, 2.45) is 0 Å². The van der Waals surface area contributed by atoms with Gasteiger partial charge in [0.05, 0.1) is 15.5 Å². The lowest BCUT2D eigenvalue weighted by atomic mass is 10.1. The van der Waals surface area contributed by atoms with Gasteiger partial charge in [-0.3, -0.25) is 14.6 Å². The summed E-state index contributed by atoms with van der Waals surface area (Å²) in [6, 6.07) is 6.92. The predicted octanol–water partition coefficient (Wildman–Crippen LogP) is 1.85. The number of nitriles is 1. The molecule has 0 radical (unpaired) electrons. The molecule has 0 spiro atoms. The van der Waals surface area contributed by atoms with Crippen LogP contribution >= 0.6 is 23.1 Å². The molecule has 10 heteroatoms. The number of benzene rings is 1. The van der Waals surface area contributed by atoms with Crippen LogP contribution in [0.25, 0.3) is 10.2 Å². The third-order valence-electron chi connectivity index (χ3n) is 3.69. The van der Waals surface area contributed by atoms with Crippen molar-refractivity contribution >= 4 is 39.1 Å². The van der Waals surface area contributed by atoms with Gasteiger partial charge in [-0.25, -0.2) is 4.79 Å². The van der Waals surface area contributed by atoms with Crippen molar-refractivity contribution in [2.75, 3.05) is 12.5 Å². The average Bonchev–Trinajstić information content (AvgIpc) is 3.22. The van der Waals surface area contributed by atoms with Gasteiger partial charge in [0.15, 0.2) is 17.3 Å². The molecule has 3 heterocycles. The Morgan fingerprint density at radius 3 is 2.88 bits per heavy atom. The smallest absolute Gasteiger partial charge is 0.326 e. The number of fused-ring (bicyclic) bond motifs is 2. The third kappa shape index (κ3) is 2.77. The summed E-state index contributed by atoms with van der Waals surface area (Å²) in [6.45, 7) is 0.127. The first kappa shape index (κ1) is 16.4. The van der Waals surface area contributed by atoms with E-state index < -0.39 is 11.2 Å². The molecule has 1 aromatic carbocycles. The van der Waals surface area contributed by atoms with Gasteiger partial charge >= 0.3 is 5.69 Å². The van der Waals surface area contributed by atoms with Crippen molar-refractivity contribution in [3.05, 3.63) is 50.2 Å². The van der Waals surface area contributed by atoms with Crippen LogP contribution in [-0.4, -0.2) is 28.3 Å². The summed E-state index contributed by atoms with van der Waals surface area (Å²) in [7, 11) is 0. The number of nitrogens with one attached hydrogen (secondary N) is 2. The first-order valence-electron chi connectivity index (χ1n) is 7.31. The van der Waals surface area contributed by atoms with Gasteiger partial charge in [-0.05, 0) is 18.2 Å². The van der Waals surface area contributed by atoms with Gasteiger partial charge < -0.3 is 14.5 Å². The number of ether oxygens (including phenoxy) is 2. The van der Waals surface area contributed by atoms with E-state index in [9.17, 15) is 19.6 Å². The lowest BCUT2D eigenvalue weighted by molar-refractivity contribution is 0.102. The molecule has 26 heavy (non-hydrogen) atoms. The Hall–Kier alpha value is -3.03. The highest BCUT2D eigenvalue weighted by Crippen LogP contribution is 2.36. The fraction of sp³-hybridized carbons (Fsp3) is 0.125. The summed E-state index contributed by atoms with van der Waals surface area (Å²) in [5, 5.41) is 9.37. The number of Topliss-reactive ketones (excluding diaryl/α,β-unsaturated/α-hetero) is 1. The molecule has 0 unspecified atom stereocenters. The Morgan fingerprint density at radius 2 is 2.08 bits per heavy atom. The van der Waals surface area contributed by atoms with E-state index in [2.05, 4.69) is 9.97 Å². The van der Waals surface area contributed by atoms with Crippen molar-refractivity contribution in [2.45, 2.75) is 4.21 Å². The topological polar surface area (TPSA) is 125 Å². The molecule has 0 saturated carbocycles. The Morgan fingerprint density at radius 1 is 1.27 bits per heavy atom. The summed E-state index contributed by atoms with van der Waals surface area (Å²) >= 11 is 2.22. The maximum Gasteiger partial charge on any atom is 0.326 e. The molecule has 0 saturated heterocycles. The van der Waals surface area contributed by atoms with Crippen LogP contribution in [-0.2, 0) is 0 Å². The van der Waals surface area contributed by atoms with Crippen LogP contribution in [0.2, 0.25) is 0 Å². The molecule has 0 amide bonds. The highest BCUT2D eigenvalue weighted by Gasteiger charge is 2.19. The molecule has 8 nitrogen and oxygen atoms in total. The number of carbonyl (C=O) groups is 1. The maximum atomic E-state index is 12.4. The molecule has 2 N–H and O–H groups in total. The van der Waals surface area contributed by atoms with Crippen molar-refractivity contribution in [3.63, 3.8) is 0 Å². The standard InChI is InChI=1S/C16H9N3O5S2/c17-4-8-12-13(14(21)19-16(22)18-12)26-15(8)25-5-9(20)7-1-2-10-11(3-7)24-6-23-10/h1-3H,5-6H2,(H2,18,19,21,22). The summed E-state index contributed by atoms with van der Waals surface area (Å²) in [5.41, 5.74) is -0.377. The summed E-state index contributed by atoms with van der Waals surface area (Å²) in [6.07, 6.45) is 0. The second kappa shape index (κ2) is 6.36. The molecule has 0 fully saturated rings. The molecule has 0 aliphatic carbocycles. The molecule has 2 aromatic heterocycles. The number of ketones is 1. The largest absolute Gasteiger partial charge is 0.454 e. The first-order chi connectivity index (χ1) is 12.6. The minimum absolute atomic E-state index is 0.0727. The van der Waals surface area contributed by atoms with Crippen LogP contribution in [0.15, 0.2) is 32.0 Å². The van der Waals surface area contributed by atoms with Gasteiger partial charge in [-0.2, -0.15) is 5.26 Å². The number of aromatic amines is 2. The third-order valence-corrected chi connectivity index (χ3v) is 6.15. The minimum atomic E-state index is -0.676. The number of aromatic nitrogens is 2. The number of nitrogens with zero attached hydrogens (tertiary/aromatic N) is 1. The summed E-state index contributed by atoms with van der Waals surface area (Å²) < 4.78 is 11.2. The molecule has 0 bridgehead atoms. The molecular weight excluding hydrogens is 378 g/mol. The SMILES string of the molecule is N#Cc1c(SCC(=O)c2ccc3c(c2)OCO3)sc2c(=O)[nH]c(=O)[nH]c12. The van der Waals surface area contributed by atoms with E-state index in [1.54, 1.807) is 18.2 Å². The fourth-order valence-corrected chi connectivity index (χ4v) is 4.70. The fourth-order valence-electron chi connectivity index (χ4n) is 2.48. The Bertz CT molecular complexity index is 1200. The molecule has 3 aromatic rings. The van der Waals surface area contributed by atoms with Crippen LogP contribution in [0.1, 0.15) is 15.9 Å². The van der Waals surface area contributed by atoms with Crippen LogP contribution in [0, 0.1) is 11.3 Å². The summed E-state index contributed by atoms with van der Waals surface area (Å²) in [5.74, 6) is 1.03. The first-order valence-corrected chi connectivity index (χ1v) is 9.12. The number of hydrogen-bond acceptors (Lipinski definition) is 8. The monoisotopic (exact) mass is 387 g/mol. The van der Waals surface area contributed by atoms with Crippen LogP contribution in [0.4, 0.5) is 0 Å². The van der Waals surface area contributed by atoms with E-state index in [-0.39, 0.29) is 34.1 Å². The van der Waals surface area contributed by atoms with Crippen molar-refractivity contribution in [3.8, 4) is 17.6 Å². The lowest BCUT2D eigenvalue weighted by Crippen LogP contribution is -2.20. The Kier molecular flexibility index (Phi) is 4.02. The molecule has 4 rings (SSSR count). The molecular formula is C16H9N3O5S2. The second-order valence-corrected chi connectivity index (χ2v) is 7.53. The van der Waals surface area contributed by atoms with Gasteiger partial charge in [0.25, 0.3) is 5.56 Å². The van der Waals surface area contributed by atoms with Gasteiger partial charge in [0, 0.05) is 5.56 Å². The quantitative estimate of drug-likeness (QED) is 0.517. The van der Waals surface area contributed by atoms with E-state index in [0.717, 1.165) is 23.1 Å². The van der Waals surface area contributed by atoms with Crippen LogP contribution < -0.4 is 20.7 Å². The van der Waals surface area contributed by atoms with E-state index in [0.29, 0.717) is 21.3 Å². The van der Waals surface area contributed by atoms with E-state index in [4.69, 9.17) is 9.47 Å². The van der Waals surface area contributed by atoms with Crippen molar-refractivity contribution in [1.29, 1.82) is 5.26 Å². The van der Waals surface area contributed by atoms with Gasteiger partial charge in [0.2, 0.25) is 6.79 Å². The number of rotatable bonds is 4. The number of thiophene rings is 1. The van der Waals surface area contributed by atoms with Gasteiger partial charge in [0.1, 0.15) is 16.3 Å². The highest BCUT2D eigenvalue weighted by molar-refractivity contribution is 8.02. The van der Waals surface area contributed by atoms with Gasteiger partial charge in [-0.15, -0.1) is 23.1 Å². The normalized spacial score (nSPS) is 12.3. The second-order valence-electron chi connectivity index (χ2n) is 5.27. The number of hydrogen-bond donors (Lipinski definition) is 2. The maximum absolute atomic E-state index is 12.4. The highest BCUT2D eigenvalue weighted by atomic mass is 32.2. The minimum Gasteiger partial charge on any atom is -0.454 e. The lowest BCUT2D eigenvalue weighted by Gasteiger charge is -2.02. The van der Waals surface area contributed by atoms with E-state index in [1.807, 2.05) is 6.07 Å². The number of H-pyrrole nitrogens is 2. The predicted molar refractivity (Wildman–Crippen MR) is 95.4 cm³/mol. The zero-order valence-corrected chi connectivity index (χ0v) is 14.6. The Balaban J connectivity index is 1.61. The molecule has 1 aliphatic rings. The van der Waals surface area contributed by atoms with E-state index >= 15 is 0 Å². The van der Waals surface area contributed by atoms with Crippen molar-refractivity contribution < 1.29 is 14.3 Å². The molecule has 1 aliphatic heterocycles. The average molecular weight is 387 g/mol. The van der Waals surface area contributed by atoms with Gasteiger partial charge in [-0.1, -0.05) is 0 Å². The zero-order valence-electron chi connectivity index (χ0n) is 13.0. The summed E-state index contributed by atoms with van der Waals surface area (Å²) in [4.78, 5) is 40.3. The number of thioether (sulfide) groups is 1. The zero-order chi connectivity index (χ0) is 18.3. The molecule has 130 valence electrons. The van der Waals surface area contributed by atoms with Crippen LogP contribution in [0.3, 0.4) is 0 Å². The molecule has 0 atom stereocenters. The van der Waals surface area contributed by atoms with E-state index in [1.165, 1.54) is 0 Å². The van der Waals surface area contributed by atoms with Crippen LogP contribution in [0.5, 0.6) is 11.5 Å². The van der Waals surface area contributed by atoms with Crippen molar-refractivity contribution in [1.82, 2.24) is 9.97 Å². The Labute approximate surface area is 153 Å².